The van der Waals surface area contributed by atoms with Gasteiger partial charge in [-0.25, -0.2) is 0 Å². The molecule has 0 aromatic heterocycles. The first kappa shape index (κ1) is 4.44. The average molecular weight is 139 g/mol. The fourth-order valence-electron chi connectivity index (χ4n) is 0.814. The number of aromatic hydroxyl groups is 1. The van der Waals surface area contributed by atoms with E-state index in [4.69, 9.17) is 16.0 Å². The first-order valence-corrected chi connectivity index (χ1v) is 2.84. The minimum absolute atomic E-state index is 0.112. The summed E-state index contributed by atoms with van der Waals surface area (Å²) in [6.07, 6.45) is 0. The summed E-state index contributed by atoms with van der Waals surface area (Å²) in [5.41, 5.74) is 0. The highest BCUT2D eigenvalue weighted by atomic mass is 16.7. The molecule has 10 heavy (non-hydrogen) atoms. The van der Waals surface area contributed by atoms with E-state index < -0.39 is 6.77 Å². The lowest BCUT2D eigenvalue weighted by Crippen LogP contribution is -1.92. The van der Waals surface area contributed by atoms with Crippen LogP contribution in [-0.2, 0) is 0 Å². The Hall–Kier alpha value is -1.38. The van der Waals surface area contributed by atoms with Gasteiger partial charge in [-0.1, -0.05) is 0 Å². The second kappa shape index (κ2) is 1.80. The van der Waals surface area contributed by atoms with E-state index in [1.54, 1.807) is 6.07 Å². The molecule has 1 aliphatic rings. The first-order valence-electron chi connectivity index (χ1n) is 3.42. The minimum atomic E-state index is -0.994. The fraction of sp³-hybridized carbons (Fsp3) is 0.143. The van der Waals surface area contributed by atoms with Crippen LogP contribution in [0.2, 0.25) is 0 Å². The maximum Gasteiger partial charge on any atom is 0.231 e. The van der Waals surface area contributed by atoms with E-state index in [1.807, 2.05) is 0 Å². The van der Waals surface area contributed by atoms with Crippen molar-refractivity contribution in [3.05, 3.63) is 18.2 Å². The molecule has 0 bridgehead atoms. The lowest BCUT2D eigenvalue weighted by molar-refractivity contribution is 0.174. The van der Waals surface area contributed by atoms with E-state index in [0.29, 0.717) is 11.5 Å². The summed E-state index contributed by atoms with van der Waals surface area (Å²) in [7, 11) is 0. The normalized spacial score (nSPS) is 22.4. The van der Waals surface area contributed by atoms with Crippen molar-refractivity contribution in [3.8, 4) is 17.2 Å². The summed E-state index contributed by atoms with van der Waals surface area (Å²) in [5.74, 6) is 1.04. The first-order chi connectivity index (χ1) is 5.25. The summed E-state index contributed by atoms with van der Waals surface area (Å²) in [6.45, 7) is -0.994. The van der Waals surface area contributed by atoms with Crippen LogP contribution in [0.15, 0.2) is 18.2 Å². The van der Waals surface area contributed by atoms with Gasteiger partial charge in [0, 0.05) is 6.07 Å². The van der Waals surface area contributed by atoms with Gasteiger partial charge in [0.1, 0.15) is 7.12 Å². The lowest BCUT2D eigenvalue weighted by atomic mass is 10.3. The Morgan fingerprint density at radius 1 is 1.40 bits per heavy atom. The van der Waals surface area contributed by atoms with Crippen LogP contribution >= 0.6 is 0 Å². The van der Waals surface area contributed by atoms with Crippen LogP contribution in [0.1, 0.15) is 1.37 Å². The fourth-order valence-corrected chi connectivity index (χ4v) is 0.814. The number of fused-ring (bicyclic) bond motifs is 1. The van der Waals surface area contributed by atoms with Crippen molar-refractivity contribution in [2.24, 2.45) is 0 Å². The van der Waals surface area contributed by atoms with Crippen molar-refractivity contribution in [1.29, 1.82) is 0 Å². The van der Waals surface area contributed by atoms with Crippen molar-refractivity contribution in [2.45, 2.75) is 0 Å². The van der Waals surface area contributed by atoms with E-state index in [9.17, 15) is 0 Å². The van der Waals surface area contributed by atoms with Crippen LogP contribution < -0.4 is 9.47 Å². The number of hydrogen-bond donors (Lipinski definition) is 1. The van der Waals surface area contributed by atoms with Gasteiger partial charge in [0.15, 0.2) is 11.5 Å². The molecule has 0 saturated heterocycles. The van der Waals surface area contributed by atoms with Crippen molar-refractivity contribution in [2.75, 3.05) is 6.77 Å². The molecule has 52 valence electrons. The third kappa shape index (κ3) is 0.673. The molecule has 0 fully saturated rings. The molecule has 0 amide bonds. The molecule has 3 nitrogen and oxygen atoms in total. The molecule has 3 heteroatoms. The summed E-state index contributed by atoms with van der Waals surface area (Å²) in [6, 6.07) is 4.48. The maximum atomic E-state index is 8.99. The molecule has 1 aliphatic heterocycles. The highest BCUT2D eigenvalue weighted by Crippen LogP contribution is 2.34. The number of hydrogen-bond acceptors (Lipinski definition) is 3. The van der Waals surface area contributed by atoms with Gasteiger partial charge in [-0.15, -0.1) is 0 Å². The summed E-state index contributed by atoms with van der Waals surface area (Å²) >= 11 is 0. The molecule has 1 N–H and O–H groups in total. The topological polar surface area (TPSA) is 38.7 Å². The number of ether oxygens (including phenoxy) is 2. The van der Waals surface area contributed by atoms with Gasteiger partial charge >= 0.3 is 0 Å². The molecule has 1 atom stereocenters. The van der Waals surface area contributed by atoms with E-state index in [2.05, 4.69) is 0 Å². The number of rotatable bonds is 0. The molecule has 0 radical (unpaired) electrons. The molecular formula is C7H6O3. The molecule has 1 unspecified atom stereocenters. The van der Waals surface area contributed by atoms with Gasteiger partial charge in [-0.2, -0.15) is 0 Å². The zero-order valence-corrected chi connectivity index (χ0v) is 5.07. The molecule has 1 aromatic carbocycles. The second-order valence-corrected chi connectivity index (χ2v) is 1.96. The van der Waals surface area contributed by atoms with Crippen molar-refractivity contribution in [3.63, 3.8) is 0 Å². The average Bonchev–Trinajstić information content (AvgIpc) is 2.27. The van der Waals surface area contributed by atoms with Crippen LogP contribution in [0, 0.1) is 0 Å². The number of phenolic OH excluding ortho intramolecular Hbond substituents is 1. The minimum Gasteiger partial charge on any atom is -0.508 e. The Morgan fingerprint density at radius 3 is 3.10 bits per heavy atom. The van der Waals surface area contributed by atoms with Crippen LogP contribution in [-0.4, -0.2) is 11.9 Å². The Kier molecular flexibility index (Phi) is 0.799. The van der Waals surface area contributed by atoms with Crippen molar-refractivity contribution < 1.29 is 16.0 Å². The maximum absolute atomic E-state index is 8.99. The third-order valence-corrected chi connectivity index (χ3v) is 1.28. The van der Waals surface area contributed by atoms with Crippen molar-refractivity contribution in [1.82, 2.24) is 0 Å². The van der Waals surface area contributed by atoms with E-state index >= 15 is 0 Å². The smallest absolute Gasteiger partial charge is 0.231 e. The standard InChI is InChI=1S/C7H6O3/c8-5-1-2-6-7(3-5)10-4-9-6/h1-3,8H,4H2/i4D. The molecular weight excluding hydrogens is 132 g/mol. The van der Waals surface area contributed by atoms with Crippen LogP contribution in [0.25, 0.3) is 0 Å². The van der Waals surface area contributed by atoms with Gasteiger partial charge in [0.2, 0.25) is 6.77 Å². The van der Waals surface area contributed by atoms with Crippen LogP contribution in [0.5, 0.6) is 17.2 Å². The van der Waals surface area contributed by atoms with E-state index in [1.165, 1.54) is 12.1 Å². The molecule has 1 heterocycles. The van der Waals surface area contributed by atoms with E-state index in [-0.39, 0.29) is 5.75 Å². The molecule has 0 saturated carbocycles. The van der Waals surface area contributed by atoms with Gasteiger partial charge in [-0.05, 0) is 12.1 Å². The highest BCUT2D eigenvalue weighted by Gasteiger charge is 2.12. The SMILES string of the molecule is [2H]C1Oc2ccc(O)cc2O1. The molecule has 1 aromatic rings. The largest absolute Gasteiger partial charge is 0.508 e. The molecule has 0 aliphatic carbocycles. The predicted octanol–water partition coefficient (Wildman–Crippen LogP) is 1.12. The number of benzene rings is 1. The van der Waals surface area contributed by atoms with Crippen LogP contribution in [0.4, 0.5) is 0 Å². The molecule has 0 spiro atoms. The van der Waals surface area contributed by atoms with E-state index in [0.717, 1.165) is 0 Å². The quantitative estimate of drug-likeness (QED) is 0.585. The van der Waals surface area contributed by atoms with Crippen molar-refractivity contribution >= 4 is 0 Å². The third-order valence-electron chi connectivity index (χ3n) is 1.28. The summed E-state index contributed by atoms with van der Waals surface area (Å²) < 4.78 is 16.8. The number of phenols is 1. The Morgan fingerprint density at radius 2 is 2.20 bits per heavy atom. The molecule has 2 rings (SSSR count). The van der Waals surface area contributed by atoms with Gasteiger partial charge < -0.3 is 14.6 Å². The Balaban J connectivity index is 2.43. The second-order valence-electron chi connectivity index (χ2n) is 1.96. The summed E-state index contributed by atoms with van der Waals surface area (Å²) in [4.78, 5) is 0. The zero-order valence-electron chi connectivity index (χ0n) is 6.07. The van der Waals surface area contributed by atoms with Gasteiger partial charge in [-0.3, -0.25) is 0 Å². The Labute approximate surface area is 59.2 Å². The Bertz CT molecular complexity index is 287. The highest BCUT2D eigenvalue weighted by molar-refractivity contribution is 5.46. The van der Waals surface area contributed by atoms with Crippen LogP contribution in [0.3, 0.4) is 0 Å². The van der Waals surface area contributed by atoms with Gasteiger partial charge in [0.25, 0.3) is 0 Å². The van der Waals surface area contributed by atoms with Gasteiger partial charge in [0.05, 0.1) is 0 Å². The summed E-state index contributed by atoms with van der Waals surface area (Å²) in [5, 5.41) is 8.99. The predicted molar refractivity (Wildman–Crippen MR) is 34.2 cm³/mol. The monoisotopic (exact) mass is 139 g/mol. The lowest BCUT2D eigenvalue weighted by Gasteiger charge is -1.93. The zero-order chi connectivity index (χ0) is 7.84.